The zero-order valence-electron chi connectivity index (χ0n) is 10.6. The third kappa shape index (κ3) is 2.36. The number of hydrogen-bond acceptors (Lipinski definition) is 6. The SMILES string of the molecule is CC(C)(O)[C@H]1CCN(c2ncc(C#N)c(N)n2)C1. The summed E-state index contributed by atoms with van der Waals surface area (Å²) in [4.78, 5) is 10.3. The molecule has 0 amide bonds. The Hall–Kier alpha value is -1.87. The van der Waals surface area contributed by atoms with Crippen LogP contribution in [0.2, 0.25) is 0 Å². The summed E-state index contributed by atoms with van der Waals surface area (Å²) in [5.41, 5.74) is 5.26. The van der Waals surface area contributed by atoms with E-state index in [4.69, 9.17) is 11.0 Å². The van der Waals surface area contributed by atoms with Gasteiger partial charge in [0.1, 0.15) is 17.5 Å². The highest BCUT2D eigenvalue weighted by Crippen LogP contribution is 2.29. The van der Waals surface area contributed by atoms with Gasteiger partial charge in [-0.1, -0.05) is 0 Å². The van der Waals surface area contributed by atoms with Crippen molar-refractivity contribution in [3.63, 3.8) is 0 Å². The van der Waals surface area contributed by atoms with Crippen molar-refractivity contribution in [2.45, 2.75) is 25.9 Å². The average molecular weight is 247 g/mol. The molecule has 1 aromatic heterocycles. The summed E-state index contributed by atoms with van der Waals surface area (Å²) in [5.74, 6) is 0.922. The van der Waals surface area contributed by atoms with Crippen LogP contribution < -0.4 is 10.6 Å². The molecule has 0 aromatic carbocycles. The zero-order valence-corrected chi connectivity index (χ0v) is 10.6. The Bertz CT molecular complexity index is 488. The Morgan fingerprint density at radius 3 is 2.83 bits per heavy atom. The second kappa shape index (κ2) is 4.42. The maximum Gasteiger partial charge on any atom is 0.227 e. The van der Waals surface area contributed by atoms with E-state index in [9.17, 15) is 5.11 Å². The third-order valence-electron chi connectivity index (χ3n) is 3.40. The maximum atomic E-state index is 9.98. The minimum atomic E-state index is -0.701. The zero-order chi connectivity index (χ0) is 13.3. The average Bonchev–Trinajstić information content (AvgIpc) is 2.77. The molecular formula is C12H17N5O. The number of nitriles is 1. The Kier molecular flexibility index (Phi) is 3.09. The molecule has 0 saturated carbocycles. The lowest BCUT2D eigenvalue weighted by Crippen LogP contribution is -2.33. The summed E-state index contributed by atoms with van der Waals surface area (Å²) in [6, 6.07) is 1.94. The van der Waals surface area contributed by atoms with Crippen molar-refractivity contribution in [3.05, 3.63) is 11.8 Å². The lowest BCUT2D eigenvalue weighted by atomic mass is 9.91. The van der Waals surface area contributed by atoms with Gasteiger partial charge in [-0.15, -0.1) is 0 Å². The van der Waals surface area contributed by atoms with E-state index in [1.165, 1.54) is 6.20 Å². The molecule has 1 aliphatic rings. The van der Waals surface area contributed by atoms with Crippen LogP contribution in [0.3, 0.4) is 0 Å². The number of nitrogen functional groups attached to an aromatic ring is 1. The van der Waals surface area contributed by atoms with Gasteiger partial charge in [-0.2, -0.15) is 10.2 Å². The lowest BCUT2D eigenvalue weighted by molar-refractivity contribution is 0.0263. The van der Waals surface area contributed by atoms with Gasteiger partial charge in [0.2, 0.25) is 5.95 Å². The molecule has 0 unspecified atom stereocenters. The second-order valence-electron chi connectivity index (χ2n) is 5.17. The molecule has 0 spiro atoms. The first-order valence-corrected chi connectivity index (χ1v) is 5.91. The van der Waals surface area contributed by atoms with Crippen LogP contribution in [0.15, 0.2) is 6.20 Å². The number of anilines is 2. The number of nitrogens with two attached hydrogens (primary N) is 1. The normalized spacial score (nSPS) is 19.9. The molecule has 96 valence electrons. The number of hydrogen-bond donors (Lipinski definition) is 2. The van der Waals surface area contributed by atoms with E-state index >= 15 is 0 Å². The van der Waals surface area contributed by atoms with Crippen molar-refractivity contribution in [2.24, 2.45) is 5.92 Å². The highest BCUT2D eigenvalue weighted by atomic mass is 16.3. The number of aliphatic hydroxyl groups is 1. The summed E-state index contributed by atoms with van der Waals surface area (Å²) in [5, 5.41) is 18.8. The molecule has 6 heteroatoms. The monoisotopic (exact) mass is 247 g/mol. The summed E-state index contributed by atoms with van der Waals surface area (Å²) >= 11 is 0. The number of aromatic nitrogens is 2. The van der Waals surface area contributed by atoms with E-state index < -0.39 is 5.60 Å². The fourth-order valence-electron chi connectivity index (χ4n) is 2.14. The first-order valence-electron chi connectivity index (χ1n) is 5.91. The third-order valence-corrected chi connectivity index (χ3v) is 3.40. The minimum absolute atomic E-state index is 0.193. The molecule has 1 aromatic rings. The Balaban J connectivity index is 2.15. The smallest absolute Gasteiger partial charge is 0.227 e. The van der Waals surface area contributed by atoms with Gasteiger partial charge in [0.05, 0.1) is 11.8 Å². The Morgan fingerprint density at radius 2 is 2.33 bits per heavy atom. The van der Waals surface area contributed by atoms with Gasteiger partial charge in [-0.05, 0) is 20.3 Å². The summed E-state index contributed by atoms with van der Waals surface area (Å²) in [6.07, 6.45) is 2.34. The fourth-order valence-corrected chi connectivity index (χ4v) is 2.14. The quantitative estimate of drug-likeness (QED) is 0.790. The van der Waals surface area contributed by atoms with Gasteiger partial charge in [0.25, 0.3) is 0 Å². The highest BCUT2D eigenvalue weighted by Gasteiger charge is 2.34. The molecule has 3 N–H and O–H groups in total. The van der Waals surface area contributed by atoms with Crippen molar-refractivity contribution in [3.8, 4) is 6.07 Å². The van der Waals surface area contributed by atoms with Crippen molar-refractivity contribution in [1.29, 1.82) is 5.26 Å². The topological polar surface area (TPSA) is 99.1 Å². The lowest BCUT2D eigenvalue weighted by Gasteiger charge is -2.25. The van der Waals surface area contributed by atoms with Crippen LogP contribution in [-0.4, -0.2) is 33.8 Å². The molecule has 2 rings (SSSR count). The molecule has 2 heterocycles. The Labute approximate surface area is 106 Å². The molecule has 1 fully saturated rings. The predicted octanol–water partition coefficient (Wildman–Crippen LogP) is 0.528. The van der Waals surface area contributed by atoms with Crippen LogP contribution in [0.1, 0.15) is 25.8 Å². The first-order chi connectivity index (χ1) is 8.41. The van der Waals surface area contributed by atoms with Crippen molar-refractivity contribution >= 4 is 11.8 Å². The van der Waals surface area contributed by atoms with Gasteiger partial charge in [-0.25, -0.2) is 4.98 Å². The van der Waals surface area contributed by atoms with E-state index in [-0.39, 0.29) is 17.3 Å². The van der Waals surface area contributed by atoms with Crippen molar-refractivity contribution in [2.75, 3.05) is 23.7 Å². The van der Waals surface area contributed by atoms with E-state index in [2.05, 4.69) is 9.97 Å². The van der Waals surface area contributed by atoms with Gasteiger partial charge < -0.3 is 15.7 Å². The van der Waals surface area contributed by atoms with Crippen molar-refractivity contribution < 1.29 is 5.11 Å². The van der Waals surface area contributed by atoms with E-state index in [0.29, 0.717) is 12.5 Å². The predicted molar refractivity (Wildman–Crippen MR) is 67.8 cm³/mol. The standard InChI is InChI=1S/C12H17N5O/c1-12(2,18)9-3-4-17(7-9)11-15-6-8(5-13)10(14)16-11/h6,9,18H,3-4,7H2,1-2H3,(H2,14,15,16)/t9-/m0/s1. The molecule has 18 heavy (non-hydrogen) atoms. The van der Waals surface area contributed by atoms with E-state index in [0.717, 1.165) is 13.0 Å². The van der Waals surface area contributed by atoms with E-state index in [1.54, 1.807) is 0 Å². The van der Waals surface area contributed by atoms with E-state index in [1.807, 2.05) is 24.8 Å². The van der Waals surface area contributed by atoms with Gasteiger partial charge in [0, 0.05) is 19.0 Å². The first kappa shape index (κ1) is 12.6. The van der Waals surface area contributed by atoms with Gasteiger partial charge in [0.15, 0.2) is 0 Å². The van der Waals surface area contributed by atoms with Gasteiger partial charge >= 0.3 is 0 Å². The molecule has 0 radical (unpaired) electrons. The molecule has 1 atom stereocenters. The fraction of sp³-hybridized carbons (Fsp3) is 0.583. The van der Waals surface area contributed by atoms with Crippen molar-refractivity contribution in [1.82, 2.24) is 9.97 Å². The van der Waals surface area contributed by atoms with Crippen LogP contribution in [0.4, 0.5) is 11.8 Å². The number of rotatable bonds is 2. The largest absolute Gasteiger partial charge is 0.390 e. The highest BCUT2D eigenvalue weighted by molar-refractivity contribution is 5.50. The molecule has 1 saturated heterocycles. The summed E-state index contributed by atoms with van der Waals surface area (Å²) in [6.45, 7) is 5.12. The minimum Gasteiger partial charge on any atom is -0.390 e. The second-order valence-corrected chi connectivity index (χ2v) is 5.17. The van der Waals surface area contributed by atoms with Crippen LogP contribution in [0.25, 0.3) is 0 Å². The molecule has 0 bridgehead atoms. The van der Waals surface area contributed by atoms with Gasteiger partial charge in [-0.3, -0.25) is 0 Å². The maximum absolute atomic E-state index is 9.98. The molecule has 1 aliphatic heterocycles. The number of nitrogens with zero attached hydrogens (tertiary/aromatic N) is 4. The molecule has 0 aliphatic carbocycles. The summed E-state index contributed by atoms with van der Waals surface area (Å²) < 4.78 is 0. The van der Waals surface area contributed by atoms with Crippen LogP contribution in [0, 0.1) is 17.2 Å². The van der Waals surface area contributed by atoms with Crippen LogP contribution in [-0.2, 0) is 0 Å². The Morgan fingerprint density at radius 1 is 1.61 bits per heavy atom. The van der Waals surface area contributed by atoms with Crippen LogP contribution in [0.5, 0.6) is 0 Å². The molecular weight excluding hydrogens is 230 g/mol. The molecule has 6 nitrogen and oxygen atoms in total. The summed E-state index contributed by atoms with van der Waals surface area (Å²) in [7, 11) is 0. The van der Waals surface area contributed by atoms with Crippen LogP contribution >= 0.6 is 0 Å².